The van der Waals surface area contributed by atoms with Gasteiger partial charge in [-0.25, -0.2) is 9.78 Å². The van der Waals surface area contributed by atoms with Gasteiger partial charge in [-0.3, -0.25) is 14.3 Å². The summed E-state index contributed by atoms with van der Waals surface area (Å²) in [7, 11) is -1.16. The van der Waals surface area contributed by atoms with Gasteiger partial charge in [-0.2, -0.15) is 0 Å². The molecule has 202 valence electrons. The summed E-state index contributed by atoms with van der Waals surface area (Å²) < 4.78 is 15.2. The van der Waals surface area contributed by atoms with E-state index in [9.17, 15) is 9.59 Å². The third-order valence-corrected chi connectivity index (χ3v) is 9.73. The zero-order valence-corrected chi connectivity index (χ0v) is 23.5. The standard InChI is InChI=1S/C27H41N5O4Si/c1-37(2,3)17-16-36-19-31-13-7-22-24-23(18-28-25(22)31)26(33)29-27(34)32(24)21-5-11-30(12-6-21)10-4-20-8-14-35-15-9-20/h7,13,18,20-21H,4-6,8-12,14-17,19H2,1-3H3,(H,29,33,34). The molecule has 0 amide bonds. The van der Waals surface area contributed by atoms with Crippen molar-refractivity contribution in [1.82, 2.24) is 24.0 Å². The van der Waals surface area contributed by atoms with Gasteiger partial charge in [-0.1, -0.05) is 19.6 Å². The minimum Gasteiger partial charge on any atom is -0.381 e. The van der Waals surface area contributed by atoms with E-state index < -0.39 is 8.07 Å². The molecule has 9 nitrogen and oxygen atoms in total. The molecular formula is C27H41N5O4Si. The van der Waals surface area contributed by atoms with E-state index in [1.165, 1.54) is 19.3 Å². The van der Waals surface area contributed by atoms with Gasteiger partial charge in [0.15, 0.2) is 0 Å². The zero-order valence-electron chi connectivity index (χ0n) is 22.5. The Labute approximate surface area is 218 Å². The SMILES string of the molecule is C[Si](C)(C)CCOCn1ccc2c1ncc1c(=O)[nH]c(=O)n(C3CCN(CCC4CCOCC4)CC3)c12. The lowest BCUT2D eigenvalue weighted by molar-refractivity contribution is 0.0583. The summed E-state index contributed by atoms with van der Waals surface area (Å²) in [5.41, 5.74) is 0.733. The van der Waals surface area contributed by atoms with Gasteiger partial charge in [0.2, 0.25) is 0 Å². The summed E-state index contributed by atoms with van der Waals surface area (Å²) in [6.07, 6.45) is 8.88. The number of likely N-dealkylation sites (tertiary alicyclic amines) is 1. The molecule has 2 saturated heterocycles. The molecule has 2 aliphatic rings. The molecule has 0 unspecified atom stereocenters. The lowest BCUT2D eigenvalue weighted by Gasteiger charge is -2.34. The molecule has 2 aliphatic heterocycles. The van der Waals surface area contributed by atoms with Crippen LogP contribution in [0.25, 0.3) is 21.9 Å². The Bertz CT molecular complexity index is 1330. The van der Waals surface area contributed by atoms with Crippen molar-refractivity contribution in [2.75, 3.05) is 39.5 Å². The predicted octanol–water partition coefficient (Wildman–Crippen LogP) is 3.81. The number of aromatic nitrogens is 4. The van der Waals surface area contributed by atoms with Crippen molar-refractivity contribution in [3.63, 3.8) is 0 Å². The molecule has 0 radical (unpaired) electrons. The van der Waals surface area contributed by atoms with Crippen molar-refractivity contribution in [2.24, 2.45) is 5.92 Å². The first-order chi connectivity index (χ1) is 17.8. The summed E-state index contributed by atoms with van der Waals surface area (Å²) in [5.74, 6) is 0.765. The third-order valence-electron chi connectivity index (χ3n) is 8.03. The van der Waals surface area contributed by atoms with Gasteiger partial charge in [-0.05, 0) is 56.7 Å². The molecule has 2 fully saturated rings. The van der Waals surface area contributed by atoms with Gasteiger partial charge >= 0.3 is 5.69 Å². The summed E-state index contributed by atoms with van der Waals surface area (Å²) in [6.45, 7) is 12.9. The smallest absolute Gasteiger partial charge is 0.329 e. The lowest BCUT2D eigenvalue weighted by atomic mass is 9.95. The maximum atomic E-state index is 13.2. The maximum absolute atomic E-state index is 13.2. The van der Waals surface area contributed by atoms with Crippen molar-refractivity contribution in [3.05, 3.63) is 39.3 Å². The van der Waals surface area contributed by atoms with Gasteiger partial charge in [-0.15, -0.1) is 0 Å². The molecule has 0 bridgehead atoms. The molecule has 3 aromatic rings. The average molecular weight is 528 g/mol. The lowest BCUT2D eigenvalue weighted by Crippen LogP contribution is -2.40. The van der Waals surface area contributed by atoms with Crippen LogP contribution in [0.3, 0.4) is 0 Å². The van der Waals surface area contributed by atoms with E-state index in [0.717, 1.165) is 75.3 Å². The van der Waals surface area contributed by atoms with Crippen LogP contribution in [-0.4, -0.2) is 71.5 Å². The number of H-pyrrole nitrogens is 1. The molecule has 0 aromatic carbocycles. The van der Waals surface area contributed by atoms with E-state index in [4.69, 9.17) is 9.47 Å². The normalized spacial score (nSPS) is 18.8. The molecule has 0 atom stereocenters. The minimum atomic E-state index is -1.16. The van der Waals surface area contributed by atoms with E-state index in [0.29, 0.717) is 17.6 Å². The van der Waals surface area contributed by atoms with Gasteiger partial charge < -0.3 is 18.9 Å². The van der Waals surface area contributed by atoms with Gasteiger partial charge in [0.1, 0.15) is 12.4 Å². The number of fused-ring (bicyclic) bond motifs is 3. The number of pyridine rings is 1. The third kappa shape index (κ3) is 6.08. The first kappa shape index (κ1) is 26.3. The summed E-state index contributed by atoms with van der Waals surface area (Å²) in [5, 5.41) is 1.29. The quantitative estimate of drug-likeness (QED) is 0.336. The van der Waals surface area contributed by atoms with Crippen molar-refractivity contribution in [3.8, 4) is 0 Å². The largest absolute Gasteiger partial charge is 0.381 e. The average Bonchev–Trinajstić information content (AvgIpc) is 3.29. The number of hydrogen-bond donors (Lipinski definition) is 1. The number of rotatable bonds is 9. The van der Waals surface area contributed by atoms with Crippen LogP contribution in [-0.2, 0) is 16.2 Å². The molecule has 5 rings (SSSR count). The van der Waals surface area contributed by atoms with E-state index in [1.807, 2.05) is 21.4 Å². The van der Waals surface area contributed by atoms with E-state index in [2.05, 4.69) is 34.5 Å². The summed E-state index contributed by atoms with van der Waals surface area (Å²) in [6, 6.07) is 3.11. The van der Waals surface area contributed by atoms with Crippen LogP contribution in [0, 0.1) is 5.92 Å². The Morgan fingerprint density at radius 3 is 2.59 bits per heavy atom. The Morgan fingerprint density at radius 2 is 1.86 bits per heavy atom. The highest BCUT2D eigenvalue weighted by molar-refractivity contribution is 6.76. The second kappa shape index (κ2) is 11.2. The van der Waals surface area contributed by atoms with Crippen molar-refractivity contribution in [1.29, 1.82) is 0 Å². The van der Waals surface area contributed by atoms with Crippen molar-refractivity contribution >= 4 is 30.0 Å². The highest BCUT2D eigenvalue weighted by Gasteiger charge is 2.26. The van der Waals surface area contributed by atoms with Crippen LogP contribution in [0.15, 0.2) is 28.0 Å². The second-order valence-electron chi connectivity index (χ2n) is 11.9. The highest BCUT2D eigenvalue weighted by atomic mass is 28.3. The second-order valence-corrected chi connectivity index (χ2v) is 17.6. The molecule has 37 heavy (non-hydrogen) atoms. The first-order valence-electron chi connectivity index (χ1n) is 13.8. The predicted molar refractivity (Wildman–Crippen MR) is 149 cm³/mol. The van der Waals surface area contributed by atoms with Gasteiger partial charge in [0, 0.05) is 64.8 Å². The fourth-order valence-electron chi connectivity index (χ4n) is 5.67. The monoisotopic (exact) mass is 527 g/mol. The Balaban J connectivity index is 1.35. The number of aromatic amines is 1. The van der Waals surface area contributed by atoms with Crippen LogP contribution >= 0.6 is 0 Å². The van der Waals surface area contributed by atoms with Crippen LogP contribution in [0.5, 0.6) is 0 Å². The number of piperidine rings is 1. The zero-order chi connectivity index (χ0) is 26.0. The minimum absolute atomic E-state index is 0.0492. The van der Waals surface area contributed by atoms with Gasteiger partial charge in [0.25, 0.3) is 5.56 Å². The number of nitrogens with one attached hydrogen (secondary N) is 1. The molecule has 0 saturated carbocycles. The van der Waals surface area contributed by atoms with Crippen LogP contribution in [0.1, 0.15) is 38.1 Å². The topological polar surface area (TPSA) is 94.4 Å². The van der Waals surface area contributed by atoms with Crippen LogP contribution < -0.4 is 11.2 Å². The van der Waals surface area contributed by atoms with Crippen LogP contribution in [0.2, 0.25) is 25.7 Å². The first-order valence-corrected chi connectivity index (χ1v) is 17.5. The fraction of sp³-hybridized carbons (Fsp3) is 0.667. The maximum Gasteiger partial charge on any atom is 0.329 e. The van der Waals surface area contributed by atoms with E-state index in [-0.39, 0.29) is 17.3 Å². The Kier molecular flexibility index (Phi) is 7.99. The van der Waals surface area contributed by atoms with Crippen molar-refractivity contribution in [2.45, 2.75) is 70.6 Å². The highest BCUT2D eigenvalue weighted by Crippen LogP contribution is 2.29. The fourth-order valence-corrected chi connectivity index (χ4v) is 6.43. The van der Waals surface area contributed by atoms with Crippen LogP contribution in [0.4, 0.5) is 0 Å². The molecule has 5 heterocycles. The number of hydrogen-bond acceptors (Lipinski definition) is 6. The Morgan fingerprint density at radius 1 is 1.11 bits per heavy atom. The van der Waals surface area contributed by atoms with Crippen molar-refractivity contribution < 1.29 is 9.47 Å². The molecule has 0 aliphatic carbocycles. The molecule has 3 aromatic heterocycles. The van der Waals surface area contributed by atoms with E-state index >= 15 is 0 Å². The molecular weight excluding hydrogens is 486 g/mol. The van der Waals surface area contributed by atoms with Gasteiger partial charge in [0.05, 0.1) is 10.9 Å². The Hall–Kier alpha value is -2.27. The summed E-state index contributed by atoms with van der Waals surface area (Å²) >= 11 is 0. The molecule has 10 heteroatoms. The number of nitrogens with zero attached hydrogens (tertiary/aromatic N) is 4. The summed E-state index contributed by atoms with van der Waals surface area (Å²) in [4.78, 5) is 35.5. The van der Waals surface area contributed by atoms with E-state index in [1.54, 1.807) is 6.20 Å². The number of ether oxygens (including phenoxy) is 2. The molecule has 0 spiro atoms. The molecule has 1 N–H and O–H groups in total.